The Morgan fingerprint density at radius 3 is 1.91 bits per heavy atom. The Bertz CT molecular complexity index is 258. The second-order valence-corrected chi connectivity index (χ2v) is 7.11. The van der Waals surface area contributed by atoms with Crippen LogP contribution in [0.25, 0.3) is 0 Å². The van der Waals surface area contributed by atoms with Gasteiger partial charge in [-0.3, -0.25) is 0 Å². The van der Waals surface area contributed by atoms with E-state index < -0.39 is 14.8 Å². The number of rotatable bonds is 12. The minimum Gasteiger partial charge on any atom is -0.463 e. The van der Waals surface area contributed by atoms with Crippen molar-refractivity contribution in [2.75, 3.05) is 32.3 Å². The molecule has 5 nitrogen and oxygen atoms in total. The number of hydrogen-bond donors (Lipinski definition) is 0. The van der Waals surface area contributed by atoms with Gasteiger partial charge in [-0.05, 0) is 33.6 Å². The lowest BCUT2D eigenvalue weighted by Crippen LogP contribution is -2.46. The Morgan fingerprint density at radius 2 is 1.59 bits per heavy atom. The van der Waals surface area contributed by atoms with Crippen molar-refractivity contribution in [2.24, 2.45) is 0 Å². The quantitative estimate of drug-likeness (QED) is 0.176. The molecule has 0 spiro atoms. The van der Waals surface area contributed by atoms with Crippen LogP contribution >= 0.6 is 11.6 Å². The first-order valence-electron chi connectivity index (χ1n) is 7.61. The Morgan fingerprint density at radius 1 is 1.14 bits per heavy atom. The van der Waals surface area contributed by atoms with Crippen molar-refractivity contribution in [1.82, 2.24) is 0 Å². The van der Waals surface area contributed by atoms with Crippen LogP contribution in [0, 0.1) is 6.92 Å². The molecule has 131 valence electrons. The molecule has 0 rings (SSSR count). The van der Waals surface area contributed by atoms with Crippen LogP contribution in [0.3, 0.4) is 0 Å². The molecule has 0 aliphatic carbocycles. The first-order chi connectivity index (χ1) is 10.6. The average molecular weight is 354 g/mol. The van der Waals surface area contributed by atoms with E-state index in [9.17, 15) is 4.79 Å². The predicted molar refractivity (Wildman–Crippen MR) is 91.9 cm³/mol. The smallest absolute Gasteiger partial charge is 0.463 e. The summed E-state index contributed by atoms with van der Waals surface area (Å²) in [6, 6.07) is 0.646. The van der Waals surface area contributed by atoms with Gasteiger partial charge in [-0.1, -0.05) is 13.5 Å². The topological polar surface area (TPSA) is 54.0 Å². The van der Waals surface area contributed by atoms with E-state index in [1.807, 2.05) is 20.8 Å². The third-order valence-electron chi connectivity index (χ3n) is 2.26. The normalized spacial score (nSPS) is 10.6. The Hall–Kier alpha value is -0.403. The fourth-order valence-corrected chi connectivity index (χ4v) is 4.10. The summed E-state index contributed by atoms with van der Waals surface area (Å²) >= 11 is 5.12. The first kappa shape index (κ1) is 23.9. The van der Waals surface area contributed by atoms with Gasteiger partial charge in [0.15, 0.2) is 0 Å². The maximum Gasteiger partial charge on any atom is 0.501 e. The van der Waals surface area contributed by atoms with E-state index in [0.29, 0.717) is 44.8 Å². The highest BCUT2D eigenvalue weighted by atomic mass is 35.5. The van der Waals surface area contributed by atoms with Gasteiger partial charge in [0.25, 0.3) is 0 Å². The van der Waals surface area contributed by atoms with Gasteiger partial charge in [0.2, 0.25) is 0 Å². The number of esters is 1. The van der Waals surface area contributed by atoms with Gasteiger partial charge in [-0.15, -0.1) is 11.6 Å². The highest BCUT2D eigenvalue weighted by Gasteiger charge is 2.39. The second kappa shape index (κ2) is 17.0. The van der Waals surface area contributed by atoms with Gasteiger partial charge >= 0.3 is 14.8 Å². The van der Waals surface area contributed by atoms with E-state index in [4.69, 9.17) is 29.6 Å². The van der Waals surface area contributed by atoms with Crippen molar-refractivity contribution in [3.8, 4) is 0 Å². The van der Waals surface area contributed by atoms with E-state index in [-0.39, 0.29) is 0 Å². The largest absolute Gasteiger partial charge is 0.501 e. The average Bonchev–Trinajstić information content (AvgIpc) is 2.52. The number of ether oxygens (including phenoxy) is 1. The Balaban J connectivity index is 0. The van der Waals surface area contributed by atoms with E-state index in [2.05, 4.69) is 13.5 Å². The van der Waals surface area contributed by atoms with Crippen LogP contribution in [0.15, 0.2) is 12.7 Å². The molecule has 0 saturated carbocycles. The summed E-state index contributed by atoms with van der Waals surface area (Å²) in [5, 5.41) is 0. The zero-order valence-corrected chi connectivity index (χ0v) is 15.8. The summed E-state index contributed by atoms with van der Waals surface area (Å²) in [6.07, 6.45) is 2.64. The minimum atomic E-state index is -2.59. The molecule has 0 aliphatic heterocycles. The minimum absolute atomic E-state index is 0.326. The van der Waals surface area contributed by atoms with Crippen LogP contribution in [-0.4, -0.2) is 47.1 Å². The number of hydrogen-bond acceptors (Lipinski definition) is 5. The van der Waals surface area contributed by atoms with Crippen LogP contribution in [-0.2, 0) is 22.8 Å². The molecule has 0 bridgehead atoms. The molecule has 22 heavy (non-hydrogen) atoms. The fraction of sp³-hybridized carbons (Fsp3) is 0.733. The lowest BCUT2D eigenvalue weighted by molar-refractivity contribution is -0.137. The van der Waals surface area contributed by atoms with Gasteiger partial charge in [-0.2, -0.15) is 0 Å². The van der Waals surface area contributed by atoms with E-state index in [1.54, 1.807) is 0 Å². The highest BCUT2D eigenvalue weighted by molar-refractivity contribution is 6.60. The molecule has 0 saturated heterocycles. The summed E-state index contributed by atoms with van der Waals surface area (Å²) in [5.74, 6) is 0.270. The zero-order valence-electron chi connectivity index (χ0n) is 14.1. The highest BCUT2D eigenvalue weighted by Crippen LogP contribution is 2.18. The predicted octanol–water partition coefficient (Wildman–Crippen LogP) is 3.60. The van der Waals surface area contributed by atoms with E-state index in [0.717, 1.165) is 12.5 Å². The van der Waals surface area contributed by atoms with Crippen LogP contribution in [0.4, 0.5) is 0 Å². The molecule has 0 fully saturated rings. The number of alkyl halides is 1. The van der Waals surface area contributed by atoms with Crippen LogP contribution in [0.2, 0.25) is 6.04 Å². The number of halogens is 1. The summed E-state index contributed by atoms with van der Waals surface area (Å²) in [6.45, 7) is 14.5. The monoisotopic (exact) mass is 353 g/mol. The summed E-state index contributed by atoms with van der Waals surface area (Å²) < 4.78 is 22.0. The summed E-state index contributed by atoms with van der Waals surface area (Å²) in [4.78, 5) is 10.9. The molecule has 7 heteroatoms. The van der Waals surface area contributed by atoms with Crippen molar-refractivity contribution >= 4 is 26.4 Å². The van der Waals surface area contributed by atoms with Crippen molar-refractivity contribution in [1.29, 1.82) is 0 Å². The Labute approximate surface area is 141 Å². The molecule has 0 N–H and O–H groups in total. The van der Waals surface area contributed by atoms with Gasteiger partial charge in [0.05, 0.1) is 6.61 Å². The van der Waals surface area contributed by atoms with Crippen molar-refractivity contribution in [2.45, 2.75) is 39.7 Å². The lowest BCUT2D eigenvalue weighted by Gasteiger charge is -2.28. The van der Waals surface area contributed by atoms with E-state index >= 15 is 0 Å². The van der Waals surface area contributed by atoms with Gasteiger partial charge in [-0.25, -0.2) is 4.79 Å². The van der Waals surface area contributed by atoms with Crippen LogP contribution < -0.4 is 0 Å². The summed E-state index contributed by atoms with van der Waals surface area (Å²) in [7, 11) is -2.59. The molecule has 0 heterocycles. The maximum atomic E-state index is 10.9. The standard InChI is InChI=1S/C12H24O5Si.C3H6Cl/c1-5-12(13)14-10-9-11-18(15-6-2,16-7-3)17-8-4;1-2-3-4/h5H,1,6-11H2,2-4H3;1-3H2. The van der Waals surface area contributed by atoms with Gasteiger partial charge in [0.1, 0.15) is 0 Å². The zero-order chi connectivity index (χ0) is 17.3. The molecular weight excluding hydrogens is 324 g/mol. The van der Waals surface area contributed by atoms with Crippen molar-refractivity contribution < 1.29 is 22.8 Å². The van der Waals surface area contributed by atoms with Gasteiger partial charge < -0.3 is 18.0 Å². The molecule has 0 aromatic heterocycles. The molecule has 0 aliphatic rings. The lowest BCUT2D eigenvalue weighted by atomic mass is 10.5. The van der Waals surface area contributed by atoms with Crippen LogP contribution in [0.5, 0.6) is 0 Å². The molecule has 0 unspecified atom stereocenters. The Kier molecular flexibility index (Phi) is 18.4. The maximum absolute atomic E-state index is 10.9. The number of carbonyl (C=O) groups excluding carboxylic acids is 1. The first-order valence-corrected chi connectivity index (χ1v) is 10.1. The van der Waals surface area contributed by atoms with Crippen LogP contribution in [0.1, 0.15) is 33.6 Å². The second-order valence-electron chi connectivity index (χ2n) is 4.00. The molecule has 1 radical (unpaired) electrons. The summed E-state index contributed by atoms with van der Waals surface area (Å²) in [5.41, 5.74) is 0. The number of carbonyl (C=O) groups is 1. The molecule has 0 aromatic carbocycles. The molecule has 0 atom stereocenters. The SMILES string of the molecule is C=CC(=O)OCCC[Si](OCC)(OCC)OCC.[CH2]CCCl. The fourth-order valence-electron chi connectivity index (χ4n) is 1.52. The van der Waals surface area contributed by atoms with Gasteiger partial charge in [0, 0.05) is 37.8 Å². The third kappa shape index (κ3) is 13.3. The van der Waals surface area contributed by atoms with Crippen molar-refractivity contribution in [3.05, 3.63) is 19.6 Å². The van der Waals surface area contributed by atoms with E-state index in [1.165, 1.54) is 0 Å². The molecule has 0 amide bonds. The van der Waals surface area contributed by atoms with Crippen molar-refractivity contribution in [3.63, 3.8) is 0 Å². The molecule has 0 aromatic rings. The molecular formula is C15H30ClO5Si. The third-order valence-corrected chi connectivity index (χ3v) is 5.68.